The highest BCUT2D eigenvalue weighted by Gasteiger charge is 2.14. The molecule has 20 heavy (non-hydrogen) atoms. The fourth-order valence-corrected chi connectivity index (χ4v) is 2.46. The minimum Gasteiger partial charge on any atom is -0.486 e. The monoisotopic (exact) mass is 277 g/mol. The summed E-state index contributed by atoms with van der Waals surface area (Å²) in [5.41, 5.74) is 0.699. The van der Waals surface area contributed by atoms with E-state index in [0.717, 1.165) is 32.2 Å². The average molecular weight is 277 g/mol. The molecular weight excluding hydrogens is 253 g/mol. The Morgan fingerprint density at radius 1 is 1.45 bits per heavy atom. The highest BCUT2D eigenvalue weighted by atomic mass is 19.1. The molecular formula is C17H24FNO. The molecule has 0 bridgehead atoms. The molecule has 0 saturated heterocycles. The van der Waals surface area contributed by atoms with Crippen molar-refractivity contribution in [1.82, 2.24) is 5.32 Å². The number of hydrogen-bond donors (Lipinski definition) is 1. The van der Waals surface area contributed by atoms with E-state index in [1.54, 1.807) is 0 Å². The quantitative estimate of drug-likeness (QED) is 0.779. The summed E-state index contributed by atoms with van der Waals surface area (Å²) in [7, 11) is 0. The molecule has 0 amide bonds. The van der Waals surface area contributed by atoms with Crippen molar-refractivity contribution in [1.29, 1.82) is 0 Å². The number of ether oxygens (including phenoxy) is 1. The van der Waals surface area contributed by atoms with Crippen LogP contribution in [-0.2, 0) is 0 Å². The fourth-order valence-electron chi connectivity index (χ4n) is 2.46. The van der Waals surface area contributed by atoms with Gasteiger partial charge in [0.25, 0.3) is 0 Å². The molecule has 1 aromatic carbocycles. The summed E-state index contributed by atoms with van der Waals surface area (Å²) < 4.78 is 19.9. The van der Waals surface area contributed by atoms with E-state index >= 15 is 0 Å². The zero-order valence-corrected chi connectivity index (χ0v) is 12.4. The Hall–Kier alpha value is -1.35. The molecule has 2 rings (SSSR count). The van der Waals surface area contributed by atoms with Crippen LogP contribution in [0.5, 0.6) is 5.75 Å². The first kappa shape index (κ1) is 15.0. The maximum atomic E-state index is 14.1. The third kappa shape index (κ3) is 4.07. The third-order valence-electron chi connectivity index (χ3n) is 3.64. The van der Waals surface area contributed by atoms with Gasteiger partial charge in [-0.3, -0.25) is 0 Å². The lowest BCUT2D eigenvalue weighted by molar-refractivity contribution is 0.229. The van der Waals surface area contributed by atoms with Gasteiger partial charge in [-0.25, -0.2) is 4.39 Å². The molecule has 1 aromatic rings. The zero-order chi connectivity index (χ0) is 14.4. The normalized spacial score (nSPS) is 19.9. The number of halogens is 1. The van der Waals surface area contributed by atoms with Crippen molar-refractivity contribution in [3.63, 3.8) is 0 Å². The Kier molecular flexibility index (Phi) is 5.60. The summed E-state index contributed by atoms with van der Waals surface area (Å²) in [6, 6.07) is 5.22. The first-order chi connectivity index (χ1) is 9.70. The van der Waals surface area contributed by atoms with Gasteiger partial charge in [0.15, 0.2) is 0 Å². The van der Waals surface area contributed by atoms with E-state index in [1.165, 1.54) is 6.07 Å². The van der Waals surface area contributed by atoms with Gasteiger partial charge in [-0.05, 0) is 51.3 Å². The molecule has 1 aliphatic rings. The van der Waals surface area contributed by atoms with Gasteiger partial charge < -0.3 is 10.1 Å². The molecule has 1 N–H and O–H groups in total. The highest BCUT2D eigenvalue weighted by molar-refractivity contribution is 5.31. The number of hydrogen-bond acceptors (Lipinski definition) is 2. The lowest BCUT2D eigenvalue weighted by atomic mass is 10.0. The van der Waals surface area contributed by atoms with Crippen LogP contribution in [0.4, 0.5) is 4.39 Å². The maximum Gasteiger partial charge on any atom is 0.131 e. The van der Waals surface area contributed by atoms with Crippen molar-refractivity contribution in [2.75, 3.05) is 6.54 Å². The van der Waals surface area contributed by atoms with Gasteiger partial charge in [-0.2, -0.15) is 0 Å². The lowest BCUT2D eigenvalue weighted by Crippen LogP contribution is -2.20. The summed E-state index contributed by atoms with van der Waals surface area (Å²) in [6.07, 6.45) is 8.60. The van der Waals surface area contributed by atoms with Crippen molar-refractivity contribution < 1.29 is 9.13 Å². The van der Waals surface area contributed by atoms with Crippen molar-refractivity contribution in [2.24, 2.45) is 0 Å². The van der Waals surface area contributed by atoms with E-state index in [0.29, 0.717) is 11.3 Å². The topological polar surface area (TPSA) is 21.3 Å². The molecule has 0 spiro atoms. The number of nitrogens with one attached hydrogen (secondary N) is 1. The summed E-state index contributed by atoms with van der Waals surface area (Å²) in [6.45, 7) is 4.98. The molecule has 2 unspecified atom stereocenters. The predicted molar refractivity (Wildman–Crippen MR) is 80.5 cm³/mol. The van der Waals surface area contributed by atoms with Crippen molar-refractivity contribution in [3.8, 4) is 5.75 Å². The lowest BCUT2D eigenvalue weighted by Gasteiger charge is -2.20. The van der Waals surface area contributed by atoms with Crippen LogP contribution < -0.4 is 10.1 Å². The van der Waals surface area contributed by atoms with E-state index in [2.05, 4.69) is 24.4 Å². The van der Waals surface area contributed by atoms with E-state index in [-0.39, 0.29) is 18.0 Å². The van der Waals surface area contributed by atoms with E-state index in [1.807, 2.05) is 19.1 Å². The van der Waals surface area contributed by atoms with E-state index < -0.39 is 0 Å². The van der Waals surface area contributed by atoms with Gasteiger partial charge in [-0.1, -0.05) is 19.1 Å². The molecule has 0 saturated carbocycles. The van der Waals surface area contributed by atoms with Crippen molar-refractivity contribution in [3.05, 3.63) is 41.7 Å². The van der Waals surface area contributed by atoms with Crippen molar-refractivity contribution in [2.45, 2.75) is 51.7 Å². The Morgan fingerprint density at radius 3 is 2.95 bits per heavy atom. The van der Waals surface area contributed by atoms with Crippen LogP contribution in [0.2, 0.25) is 0 Å². The minimum atomic E-state index is -0.196. The molecule has 0 radical (unpaired) electrons. The highest BCUT2D eigenvalue weighted by Crippen LogP contribution is 2.24. The standard InChI is InChI=1S/C17H24FNO/c1-3-11-19-13(2)16-10-9-15(12-17(16)18)20-14-7-5-4-6-8-14/h5,7,9-10,12-14,19H,3-4,6,8,11H2,1-2H3. The summed E-state index contributed by atoms with van der Waals surface area (Å²) in [4.78, 5) is 0. The fraction of sp³-hybridized carbons (Fsp3) is 0.529. The molecule has 0 aromatic heterocycles. The van der Waals surface area contributed by atoms with Gasteiger partial charge in [0.1, 0.15) is 17.7 Å². The largest absolute Gasteiger partial charge is 0.486 e. The van der Waals surface area contributed by atoms with Gasteiger partial charge in [0.05, 0.1) is 0 Å². The van der Waals surface area contributed by atoms with Gasteiger partial charge in [-0.15, -0.1) is 0 Å². The summed E-state index contributed by atoms with van der Waals surface area (Å²) in [5, 5.41) is 3.30. The van der Waals surface area contributed by atoms with Crippen molar-refractivity contribution >= 4 is 0 Å². The second-order valence-corrected chi connectivity index (χ2v) is 5.37. The molecule has 0 heterocycles. The number of rotatable bonds is 6. The molecule has 0 fully saturated rings. The first-order valence-corrected chi connectivity index (χ1v) is 7.57. The maximum absolute atomic E-state index is 14.1. The molecule has 3 heteroatoms. The number of benzene rings is 1. The van der Waals surface area contributed by atoms with E-state index in [4.69, 9.17) is 4.74 Å². The van der Waals surface area contributed by atoms with Crippen LogP contribution >= 0.6 is 0 Å². The molecule has 110 valence electrons. The first-order valence-electron chi connectivity index (χ1n) is 7.57. The van der Waals surface area contributed by atoms with Gasteiger partial charge >= 0.3 is 0 Å². The Bertz CT molecular complexity index is 458. The molecule has 1 aliphatic carbocycles. The van der Waals surface area contributed by atoms with Gasteiger partial charge in [0, 0.05) is 17.7 Å². The van der Waals surface area contributed by atoms with Crippen LogP contribution in [0.1, 0.15) is 51.1 Å². The summed E-state index contributed by atoms with van der Waals surface area (Å²) >= 11 is 0. The molecule has 0 aliphatic heterocycles. The Balaban J connectivity index is 2.01. The zero-order valence-electron chi connectivity index (χ0n) is 12.4. The SMILES string of the molecule is CCCNC(C)c1ccc(OC2C=CCCC2)cc1F. The Labute approximate surface area is 121 Å². The van der Waals surface area contributed by atoms with Gasteiger partial charge in [0.2, 0.25) is 0 Å². The third-order valence-corrected chi connectivity index (χ3v) is 3.64. The van der Waals surface area contributed by atoms with E-state index in [9.17, 15) is 4.39 Å². The number of allylic oxidation sites excluding steroid dienone is 1. The van der Waals surface area contributed by atoms with Crippen LogP contribution in [0.25, 0.3) is 0 Å². The minimum absolute atomic E-state index is 0.0265. The van der Waals surface area contributed by atoms with Crippen LogP contribution in [-0.4, -0.2) is 12.6 Å². The average Bonchev–Trinajstić information content (AvgIpc) is 2.46. The second kappa shape index (κ2) is 7.44. The summed E-state index contributed by atoms with van der Waals surface area (Å²) in [5.74, 6) is 0.420. The van der Waals surface area contributed by atoms with Crippen LogP contribution in [0.15, 0.2) is 30.4 Å². The smallest absolute Gasteiger partial charge is 0.131 e. The van der Waals surface area contributed by atoms with Crippen LogP contribution in [0.3, 0.4) is 0 Å². The molecule has 2 nitrogen and oxygen atoms in total. The van der Waals surface area contributed by atoms with Crippen LogP contribution in [0, 0.1) is 5.82 Å². The predicted octanol–water partition coefficient (Wildman–Crippen LogP) is 4.37. The second-order valence-electron chi connectivity index (χ2n) is 5.37. The molecule has 2 atom stereocenters. The Morgan fingerprint density at radius 2 is 2.30 bits per heavy atom.